The number of amides is 1. The normalized spacial score (nSPS) is 10.4. The van der Waals surface area contributed by atoms with Crippen molar-refractivity contribution in [1.82, 2.24) is 0 Å². The lowest BCUT2D eigenvalue weighted by atomic mass is 10.1. The summed E-state index contributed by atoms with van der Waals surface area (Å²) in [5.41, 5.74) is 3.77. The van der Waals surface area contributed by atoms with Gasteiger partial charge in [-0.15, -0.1) is 0 Å². The predicted octanol–water partition coefficient (Wildman–Crippen LogP) is 4.37. The van der Waals surface area contributed by atoms with Crippen LogP contribution in [-0.2, 0) is 22.4 Å². The average molecular weight is 369 g/mol. The lowest BCUT2D eigenvalue weighted by molar-refractivity contribution is -0.137. The van der Waals surface area contributed by atoms with E-state index in [1.54, 1.807) is 12.1 Å². The Balaban J connectivity index is 2.03. The van der Waals surface area contributed by atoms with E-state index in [9.17, 15) is 9.59 Å². The summed E-state index contributed by atoms with van der Waals surface area (Å²) in [5, 5.41) is 11.8. The number of aliphatic carboxylic acids is 1. The monoisotopic (exact) mass is 369 g/mol. The van der Waals surface area contributed by atoms with Crippen LogP contribution in [0.25, 0.3) is 0 Å². The summed E-state index contributed by atoms with van der Waals surface area (Å²) in [7, 11) is 0. The highest BCUT2D eigenvalue weighted by molar-refractivity contribution is 5.92. The highest BCUT2D eigenvalue weighted by Gasteiger charge is 2.11. The predicted molar refractivity (Wildman–Crippen MR) is 106 cm³/mol. The van der Waals surface area contributed by atoms with Crippen molar-refractivity contribution in [2.24, 2.45) is 0 Å². The van der Waals surface area contributed by atoms with Gasteiger partial charge in [0, 0.05) is 12.8 Å². The van der Waals surface area contributed by atoms with E-state index < -0.39 is 5.97 Å². The van der Waals surface area contributed by atoms with Gasteiger partial charge in [-0.2, -0.15) is 0 Å². The van der Waals surface area contributed by atoms with E-state index >= 15 is 0 Å². The summed E-state index contributed by atoms with van der Waals surface area (Å²) in [4.78, 5) is 23.2. The van der Waals surface area contributed by atoms with Crippen LogP contribution in [0.3, 0.4) is 0 Å². The maximum absolute atomic E-state index is 12.4. The molecule has 0 spiro atoms. The van der Waals surface area contributed by atoms with Crippen LogP contribution in [0.5, 0.6) is 5.75 Å². The average Bonchev–Trinajstić information content (AvgIpc) is 2.65. The number of carboxylic acids is 1. The summed E-state index contributed by atoms with van der Waals surface area (Å²) in [5.74, 6) is -0.322. The van der Waals surface area contributed by atoms with Gasteiger partial charge in [0.1, 0.15) is 5.75 Å². The second kappa shape index (κ2) is 10.4. The van der Waals surface area contributed by atoms with E-state index in [1.165, 1.54) is 5.56 Å². The number of carbonyl (C=O) groups is 2. The van der Waals surface area contributed by atoms with Crippen molar-refractivity contribution >= 4 is 17.6 Å². The highest BCUT2D eigenvalue weighted by Crippen LogP contribution is 2.27. The minimum absolute atomic E-state index is 0.0516. The molecule has 0 fully saturated rings. The molecule has 0 aliphatic carbocycles. The van der Waals surface area contributed by atoms with Gasteiger partial charge in [-0.1, -0.05) is 42.8 Å². The van der Waals surface area contributed by atoms with Crippen molar-refractivity contribution in [2.75, 3.05) is 11.9 Å². The second-order valence-corrected chi connectivity index (χ2v) is 6.61. The molecule has 144 valence electrons. The molecule has 0 aromatic heterocycles. The molecule has 2 N–H and O–H groups in total. The smallest absolute Gasteiger partial charge is 0.303 e. The highest BCUT2D eigenvalue weighted by atomic mass is 16.5. The lowest BCUT2D eigenvalue weighted by Gasteiger charge is -2.14. The Labute approximate surface area is 160 Å². The van der Waals surface area contributed by atoms with Crippen LogP contribution < -0.4 is 10.1 Å². The van der Waals surface area contributed by atoms with Crippen LogP contribution in [-0.4, -0.2) is 23.6 Å². The topological polar surface area (TPSA) is 75.6 Å². The fourth-order valence-corrected chi connectivity index (χ4v) is 2.64. The van der Waals surface area contributed by atoms with Crippen LogP contribution in [0.4, 0.5) is 5.69 Å². The maximum atomic E-state index is 12.4. The molecule has 0 saturated heterocycles. The van der Waals surface area contributed by atoms with Gasteiger partial charge >= 0.3 is 5.97 Å². The Morgan fingerprint density at radius 2 is 1.67 bits per heavy atom. The zero-order chi connectivity index (χ0) is 19.6. The van der Waals surface area contributed by atoms with Crippen LogP contribution in [0.15, 0.2) is 42.5 Å². The van der Waals surface area contributed by atoms with Gasteiger partial charge in [0.25, 0.3) is 0 Å². The molecule has 0 aliphatic rings. The molecule has 0 aliphatic heterocycles. The minimum atomic E-state index is -0.843. The van der Waals surface area contributed by atoms with Gasteiger partial charge < -0.3 is 15.2 Å². The summed E-state index contributed by atoms with van der Waals surface area (Å²) in [6.45, 7) is 4.60. The number of carbonyl (C=O) groups excluding carboxylic acids is 1. The first-order valence-corrected chi connectivity index (χ1v) is 9.31. The van der Waals surface area contributed by atoms with Crippen molar-refractivity contribution in [3.05, 3.63) is 59.2 Å². The van der Waals surface area contributed by atoms with E-state index in [-0.39, 0.29) is 12.3 Å². The van der Waals surface area contributed by atoms with Gasteiger partial charge in [-0.3, -0.25) is 9.59 Å². The molecular weight excluding hydrogens is 342 g/mol. The van der Waals surface area contributed by atoms with E-state index in [0.29, 0.717) is 37.3 Å². The van der Waals surface area contributed by atoms with Crippen LogP contribution in [0.1, 0.15) is 42.9 Å². The molecule has 0 radical (unpaired) electrons. The van der Waals surface area contributed by atoms with Crippen molar-refractivity contribution in [3.8, 4) is 5.75 Å². The Bertz CT molecular complexity index is 768. The Kier molecular flexibility index (Phi) is 7.86. The largest absolute Gasteiger partial charge is 0.491 e. The van der Waals surface area contributed by atoms with E-state index in [1.807, 2.05) is 44.2 Å². The number of benzene rings is 2. The number of hydrogen-bond donors (Lipinski definition) is 2. The molecule has 2 rings (SSSR count). The first-order valence-electron chi connectivity index (χ1n) is 9.31. The minimum Gasteiger partial charge on any atom is -0.491 e. The number of aryl methyl sites for hydroxylation is 3. The molecule has 2 aromatic carbocycles. The van der Waals surface area contributed by atoms with Crippen molar-refractivity contribution in [1.29, 1.82) is 0 Å². The third kappa shape index (κ3) is 7.13. The van der Waals surface area contributed by atoms with Crippen LogP contribution in [0, 0.1) is 6.92 Å². The molecule has 0 saturated carbocycles. The first-order chi connectivity index (χ1) is 13.0. The fraction of sp³-hybridized carbons (Fsp3) is 0.364. The quantitative estimate of drug-likeness (QED) is 0.652. The summed E-state index contributed by atoms with van der Waals surface area (Å²) < 4.78 is 5.71. The number of rotatable bonds is 10. The van der Waals surface area contributed by atoms with Gasteiger partial charge in [0.15, 0.2) is 0 Å². The van der Waals surface area contributed by atoms with Gasteiger partial charge in [-0.05, 0) is 49.4 Å². The van der Waals surface area contributed by atoms with Crippen LogP contribution in [0.2, 0.25) is 0 Å². The number of anilines is 1. The fourth-order valence-electron chi connectivity index (χ4n) is 2.64. The number of carboxylic acid groups (broad SMARTS) is 1. The van der Waals surface area contributed by atoms with Crippen LogP contribution >= 0.6 is 0 Å². The number of nitrogens with one attached hydrogen (secondary N) is 1. The second-order valence-electron chi connectivity index (χ2n) is 6.61. The maximum Gasteiger partial charge on any atom is 0.303 e. The zero-order valence-electron chi connectivity index (χ0n) is 16.0. The summed E-state index contributed by atoms with van der Waals surface area (Å²) in [6.07, 6.45) is 2.36. The molecule has 0 bridgehead atoms. The van der Waals surface area contributed by atoms with E-state index in [2.05, 4.69) is 5.32 Å². The molecule has 0 heterocycles. The van der Waals surface area contributed by atoms with Crippen molar-refractivity contribution < 1.29 is 19.4 Å². The number of ether oxygens (including phenoxy) is 1. The number of hydrogen-bond acceptors (Lipinski definition) is 3. The first kappa shape index (κ1) is 20.5. The Morgan fingerprint density at radius 3 is 2.33 bits per heavy atom. The lowest BCUT2D eigenvalue weighted by Crippen LogP contribution is -2.14. The molecule has 2 aromatic rings. The molecule has 27 heavy (non-hydrogen) atoms. The molecular formula is C22H27NO4. The molecule has 0 atom stereocenters. The molecule has 1 amide bonds. The Morgan fingerprint density at radius 1 is 1.00 bits per heavy atom. The Hall–Kier alpha value is -2.82. The standard InChI is InChI=1S/C22H27NO4/c1-3-14-27-20-11-8-18(10-13-22(25)26)15-19(20)23-21(24)12-9-17-6-4-16(2)5-7-17/h4-8,11,15H,3,9-10,12-14H2,1-2H3,(H,23,24)(H,25,26). The van der Waals surface area contributed by atoms with Gasteiger partial charge in [-0.25, -0.2) is 0 Å². The summed E-state index contributed by atoms with van der Waals surface area (Å²) in [6, 6.07) is 13.6. The SMILES string of the molecule is CCCOc1ccc(CCC(=O)O)cc1NC(=O)CCc1ccc(C)cc1. The summed E-state index contributed by atoms with van der Waals surface area (Å²) >= 11 is 0. The molecule has 0 unspecified atom stereocenters. The van der Waals surface area contributed by atoms with Crippen molar-refractivity contribution in [2.45, 2.75) is 46.0 Å². The van der Waals surface area contributed by atoms with Gasteiger partial charge in [0.2, 0.25) is 5.91 Å². The van der Waals surface area contributed by atoms with E-state index in [0.717, 1.165) is 17.5 Å². The van der Waals surface area contributed by atoms with E-state index in [4.69, 9.17) is 9.84 Å². The molecule has 5 heteroatoms. The van der Waals surface area contributed by atoms with Gasteiger partial charge in [0.05, 0.1) is 12.3 Å². The third-order valence-corrected chi connectivity index (χ3v) is 4.17. The molecule has 5 nitrogen and oxygen atoms in total. The zero-order valence-corrected chi connectivity index (χ0v) is 16.0. The third-order valence-electron chi connectivity index (χ3n) is 4.17. The van der Waals surface area contributed by atoms with Crippen molar-refractivity contribution in [3.63, 3.8) is 0 Å².